The molecule has 1 saturated heterocycles. The molecule has 0 saturated carbocycles. The number of aromatic nitrogens is 2. The molecule has 1 aromatic heterocycles. The molecule has 41 heavy (non-hydrogen) atoms. The number of sulfone groups is 1. The van der Waals surface area contributed by atoms with Crippen LogP contribution in [0.3, 0.4) is 0 Å². The largest absolute Gasteiger partial charge is 0.445 e. The SMILES string of the molecule is CCCN(CCS(C)(=O)=O)C(=O)c1nc([C@@H]2CCCN2C(=O)OCc2ccccc2)[nH]c(=O)c1OC(=O)C(C)(C)C. The number of H-pyrrole nitrogens is 1. The molecular weight excluding hydrogens is 552 g/mol. The van der Waals surface area contributed by atoms with Gasteiger partial charge in [0.25, 0.3) is 11.5 Å². The summed E-state index contributed by atoms with van der Waals surface area (Å²) in [6.45, 7) is 7.07. The second kappa shape index (κ2) is 13.3. The van der Waals surface area contributed by atoms with Gasteiger partial charge in [-0.05, 0) is 45.6 Å². The fourth-order valence-corrected chi connectivity index (χ4v) is 4.76. The van der Waals surface area contributed by atoms with Crippen molar-refractivity contribution in [2.24, 2.45) is 5.41 Å². The van der Waals surface area contributed by atoms with Gasteiger partial charge in [-0.15, -0.1) is 0 Å². The molecule has 12 nitrogen and oxygen atoms in total. The Balaban J connectivity index is 1.99. The van der Waals surface area contributed by atoms with Crippen molar-refractivity contribution >= 4 is 27.8 Å². The van der Waals surface area contributed by atoms with Gasteiger partial charge in [-0.1, -0.05) is 37.3 Å². The number of amides is 2. The van der Waals surface area contributed by atoms with E-state index in [4.69, 9.17) is 9.47 Å². The molecule has 3 rings (SSSR count). The number of hydrogen-bond acceptors (Lipinski definition) is 9. The predicted molar refractivity (Wildman–Crippen MR) is 151 cm³/mol. The van der Waals surface area contributed by atoms with Crippen molar-refractivity contribution in [1.82, 2.24) is 19.8 Å². The Morgan fingerprint density at radius 1 is 1.15 bits per heavy atom. The van der Waals surface area contributed by atoms with Crippen molar-refractivity contribution in [2.45, 2.75) is 59.6 Å². The van der Waals surface area contributed by atoms with Crippen LogP contribution in [0.25, 0.3) is 0 Å². The van der Waals surface area contributed by atoms with E-state index in [9.17, 15) is 27.6 Å². The molecule has 1 aliphatic rings. The number of esters is 1. The summed E-state index contributed by atoms with van der Waals surface area (Å²) in [5.74, 6) is -2.33. The standard InChI is InChI=1S/C28H38N4O8S/c1-6-14-31(16-17-41(5,37)38)25(34)21-22(40-26(35)28(2,3)4)24(33)30-23(29-21)20-13-10-15-32(20)27(36)39-18-19-11-8-7-9-12-19/h7-9,11-12,20H,6,10,13-18H2,1-5H3,(H,29,30,33)/t20-/m0/s1. The molecular formula is C28H38N4O8S. The fourth-order valence-electron chi connectivity index (χ4n) is 4.21. The van der Waals surface area contributed by atoms with Gasteiger partial charge in [0.2, 0.25) is 5.75 Å². The maximum Gasteiger partial charge on any atom is 0.410 e. The molecule has 2 aromatic rings. The highest BCUT2D eigenvalue weighted by Crippen LogP contribution is 2.31. The summed E-state index contributed by atoms with van der Waals surface area (Å²) in [7, 11) is -3.40. The van der Waals surface area contributed by atoms with Crippen molar-refractivity contribution in [2.75, 3.05) is 31.6 Å². The number of carbonyl (C=O) groups is 3. The number of ether oxygens (including phenoxy) is 2. The van der Waals surface area contributed by atoms with Gasteiger partial charge in [0.15, 0.2) is 5.69 Å². The van der Waals surface area contributed by atoms with Crippen LogP contribution in [-0.4, -0.2) is 77.8 Å². The smallest absolute Gasteiger partial charge is 0.410 e. The Bertz CT molecular complexity index is 1420. The van der Waals surface area contributed by atoms with E-state index >= 15 is 0 Å². The van der Waals surface area contributed by atoms with Gasteiger partial charge in [0.1, 0.15) is 22.3 Å². The highest BCUT2D eigenvalue weighted by Gasteiger charge is 2.36. The first-order valence-electron chi connectivity index (χ1n) is 13.5. The van der Waals surface area contributed by atoms with Crippen LogP contribution in [0.1, 0.15) is 74.9 Å². The minimum Gasteiger partial charge on any atom is -0.445 e. The monoisotopic (exact) mass is 590 g/mol. The van der Waals surface area contributed by atoms with Gasteiger partial charge < -0.3 is 19.4 Å². The van der Waals surface area contributed by atoms with Crippen molar-refractivity contribution in [3.63, 3.8) is 0 Å². The van der Waals surface area contributed by atoms with Gasteiger partial charge in [-0.25, -0.2) is 18.2 Å². The van der Waals surface area contributed by atoms with Crippen LogP contribution < -0.4 is 10.3 Å². The van der Waals surface area contributed by atoms with Crippen LogP contribution in [0.2, 0.25) is 0 Å². The summed E-state index contributed by atoms with van der Waals surface area (Å²) >= 11 is 0. The Morgan fingerprint density at radius 2 is 1.83 bits per heavy atom. The number of benzene rings is 1. The fraction of sp³-hybridized carbons (Fsp3) is 0.536. The molecule has 0 spiro atoms. The zero-order chi connectivity index (χ0) is 30.4. The zero-order valence-electron chi connectivity index (χ0n) is 24.1. The normalized spacial score (nSPS) is 15.4. The summed E-state index contributed by atoms with van der Waals surface area (Å²) in [4.78, 5) is 62.4. The molecule has 1 N–H and O–H groups in total. The third kappa shape index (κ3) is 8.62. The van der Waals surface area contributed by atoms with Crippen molar-refractivity contribution in [1.29, 1.82) is 0 Å². The lowest BCUT2D eigenvalue weighted by atomic mass is 9.97. The van der Waals surface area contributed by atoms with E-state index in [-0.39, 0.29) is 31.3 Å². The number of aromatic amines is 1. The second-order valence-electron chi connectivity index (χ2n) is 11.1. The summed E-state index contributed by atoms with van der Waals surface area (Å²) in [6, 6.07) is 8.49. The molecule has 13 heteroatoms. The molecule has 0 unspecified atom stereocenters. The van der Waals surface area contributed by atoms with Crippen LogP contribution in [0.5, 0.6) is 5.75 Å². The Kier molecular flexibility index (Phi) is 10.3. The summed E-state index contributed by atoms with van der Waals surface area (Å²) < 4.78 is 34.5. The quantitative estimate of drug-likeness (QED) is 0.411. The van der Waals surface area contributed by atoms with E-state index in [1.807, 2.05) is 37.3 Å². The van der Waals surface area contributed by atoms with Gasteiger partial charge in [0.05, 0.1) is 17.2 Å². The highest BCUT2D eigenvalue weighted by atomic mass is 32.2. The van der Waals surface area contributed by atoms with Crippen LogP contribution in [0.4, 0.5) is 4.79 Å². The molecule has 2 amide bonds. The van der Waals surface area contributed by atoms with E-state index in [0.29, 0.717) is 25.8 Å². The predicted octanol–water partition coefficient (Wildman–Crippen LogP) is 3.09. The van der Waals surface area contributed by atoms with Crippen molar-refractivity contribution in [3.05, 3.63) is 57.8 Å². The maximum atomic E-state index is 13.7. The van der Waals surface area contributed by atoms with Crippen LogP contribution in [0.15, 0.2) is 35.1 Å². The molecule has 224 valence electrons. The molecule has 1 aromatic carbocycles. The number of nitrogens with one attached hydrogen (secondary N) is 1. The zero-order valence-corrected chi connectivity index (χ0v) is 25.0. The Morgan fingerprint density at radius 3 is 2.44 bits per heavy atom. The Labute approximate surface area is 240 Å². The number of likely N-dealkylation sites (tertiary alicyclic amines) is 1. The first kappa shape index (κ1) is 31.8. The van der Waals surface area contributed by atoms with Gasteiger partial charge in [-0.2, -0.15) is 0 Å². The van der Waals surface area contributed by atoms with Crippen molar-refractivity contribution in [3.8, 4) is 5.75 Å². The number of carbonyl (C=O) groups excluding carboxylic acids is 3. The first-order valence-corrected chi connectivity index (χ1v) is 15.6. The average Bonchev–Trinajstić information content (AvgIpc) is 3.40. The van der Waals surface area contributed by atoms with E-state index in [1.165, 1.54) is 9.80 Å². The van der Waals surface area contributed by atoms with E-state index < -0.39 is 56.3 Å². The highest BCUT2D eigenvalue weighted by molar-refractivity contribution is 7.90. The number of hydrogen-bond donors (Lipinski definition) is 1. The molecule has 1 aliphatic heterocycles. The summed E-state index contributed by atoms with van der Waals surface area (Å²) in [5.41, 5.74) is -1.46. The van der Waals surface area contributed by atoms with Crippen LogP contribution >= 0.6 is 0 Å². The molecule has 0 aliphatic carbocycles. The molecule has 0 bridgehead atoms. The Hall–Kier alpha value is -3.74. The minimum atomic E-state index is -3.40. The lowest BCUT2D eigenvalue weighted by Crippen LogP contribution is -2.39. The molecule has 2 heterocycles. The molecule has 0 radical (unpaired) electrons. The summed E-state index contributed by atoms with van der Waals surface area (Å²) in [6.07, 6.45) is 2.02. The summed E-state index contributed by atoms with van der Waals surface area (Å²) in [5, 5.41) is 0. The van der Waals surface area contributed by atoms with Crippen LogP contribution in [0, 0.1) is 5.41 Å². The first-order chi connectivity index (χ1) is 19.2. The lowest BCUT2D eigenvalue weighted by Gasteiger charge is -2.26. The second-order valence-corrected chi connectivity index (χ2v) is 13.3. The lowest BCUT2D eigenvalue weighted by molar-refractivity contribution is -0.143. The average molecular weight is 591 g/mol. The van der Waals surface area contributed by atoms with E-state index in [0.717, 1.165) is 11.8 Å². The molecule has 1 atom stereocenters. The maximum absolute atomic E-state index is 13.7. The van der Waals surface area contributed by atoms with Crippen molar-refractivity contribution < 1.29 is 32.3 Å². The van der Waals surface area contributed by atoms with Gasteiger partial charge in [-0.3, -0.25) is 19.3 Å². The van der Waals surface area contributed by atoms with E-state index in [2.05, 4.69) is 9.97 Å². The minimum absolute atomic E-state index is 0.0441. The topological polar surface area (TPSA) is 156 Å². The van der Waals surface area contributed by atoms with Gasteiger partial charge >= 0.3 is 12.1 Å². The third-order valence-electron chi connectivity index (χ3n) is 6.43. The number of nitrogens with zero attached hydrogens (tertiary/aromatic N) is 3. The van der Waals surface area contributed by atoms with Crippen LogP contribution in [-0.2, 0) is 26.0 Å². The van der Waals surface area contributed by atoms with Gasteiger partial charge in [0, 0.05) is 25.9 Å². The third-order valence-corrected chi connectivity index (χ3v) is 7.35. The molecule has 1 fully saturated rings. The van der Waals surface area contributed by atoms with E-state index in [1.54, 1.807) is 20.8 Å². The number of rotatable bonds is 10.